The molecule has 3 unspecified atom stereocenters. The van der Waals surface area contributed by atoms with Crippen LogP contribution >= 0.6 is 0 Å². The van der Waals surface area contributed by atoms with Crippen molar-refractivity contribution < 1.29 is 14.3 Å². The van der Waals surface area contributed by atoms with Gasteiger partial charge in [-0.15, -0.1) is 0 Å². The summed E-state index contributed by atoms with van der Waals surface area (Å²) in [5.74, 6) is 0.517. The molecule has 2 amide bonds. The molecule has 1 saturated carbocycles. The lowest BCUT2D eigenvalue weighted by molar-refractivity contribution is -0.140. The normalized spacial score (nSPS) is 25.1. The predicted octanol–water partition coefficient (Wildman–Crippen LogP) is 1.04. The fourth-order valence-electron chi connectivity index (χ4n) is 3.77. The van der Waals surface area contributed by atoms with Crippen molar-refractivity contribution in [1.29, 1.82) is 0 Å². The van der Waals surface area contributed by atoms with Gasteiger partial charge in [0.1, 0.15) is 6.04 Å². The van der Waals surface area contributed by atoms with Crippen LogP contribution in [0.15, 0.2) is 0 Å². The third-order valence-corrected chi connectivity index (χ3v) is 5.23. The molecule has 3 atom stereocenters. The molecule has 0 bridgehead atoms. The Labute approximate surface area is 139 Å². The molecule has 1 aliphatic heterocycles. The van der Waals surface area contributed by atoms with Crippen molar-refractivity contribution >= 4 is 12.3 Å². The molecular weight excluding hydrogens is 294 g/mol. The number of rotatable bonds is 8. The van der Waals surface area contributed by atoms with Gasteiger partial charge >= 0.3 is 0 Å². The summed E-state index contributed by atoms with van der Waals surface area (Å²) in [7, 11) is 0. The highest BCUT2D eigenvalue weighted by Crippen LogP contribution is 2.24. The number of likely N-dealkylation sites (tertiary alicyclic amines) is 1. The summed E-state index contributed by atoms with van der Waals surface area (Å²) >= 11 is 0. The quantitative estimate of drug-likeness (QED) is 0.653. The minimum atomic E-state index is -0.622. The number of nitrogens with two attached hydrogens (primary N) is 1. The van der Waals surface area contributed by atoms with Crippen molar-refractivity contribution in [2.45, 2.75) is 70.1 Å². The Balaban J connectivity index is 1.90. The van der Waals surface area contributed by atoms with Gasteiger partial charge in [-0.1, -0.05) is 19.3 Å². The van der Waals surface area contributed by atoms with Crippen molar-refractivity contribution in [3.8, 4) is 0 Å². The maximum atomic E-state index is 12.8. The highest BCUT2D eigenvalue weighted by atomic mass is 16.5. The molecule has 0 radical (unpaired) electrons. The first-order valence-electron chi connectivity index (χ1n) is 8.99. The number of hydrogen-bond donors (Lipinski definition) is 2. The van der Waals surface area contributed by atoms with E-state index in [0.29, 0.717) is 32.0 Å². The first kappa shape index (κ1) is 18.2. The number of hydrogen-bond acceptors (Lipinski definition) is 4. The minimum absolute atomic E-state index is 0.0683. The van der Waals surface area contributed by atoms with E-state index < -0.39 is 6.04 Å². The van der Waals surface area contributed by atoms with E-state index in [4.69, 9.17) is 10.5 Å². The van der Waals surface area contributed by atoms with E-state index in [1.165, 1.54) is 32.1 Å². The summed E-state index contributed by atoms with van der Waals surface area (Å²) in [6.07, 6.45) is 8.43. The van der Waals surface area contributed by atoms with Gasteiger partial charge in [0.05, 0.1) is 6.10 Å². The van der Waals surface area contributed by atoms with Crippen LogP contribution in [0, 0.1) is 5.92 Å². The standard InChI is InChI=1S/C17H31N3O3/c1-13(23-11-14-6-3-2-4-7-14)16(19-12-21)17(22)20-9-5-8-15(20)10-18/h12-16H,2-11,18H2,1H3,(H,19,21). The van der Waals surface area contributed by atoms with Gasteiger partial charge in [-0.05, 0) is 38.5 Å². The van der Waals surface area contributed by atoms with Crippen LogP contribution < -0.4 is 11.1 Å². The Bertz CT molecular complexity index is 385. The van der Waals surface area contributed by atoms with Gasteiger partial charge in [-0.3, -0.25) is 9.59 Å². The van der Waals surface area contributed by atoms with Gasteiger partial charge in [0.15, 0.2) is 0 Å². The maximum absolute atomic E-state index is 12.8. The summed E-state index contributed by atoms with van der Waals surface area (Å²) in [4.78, 5) is 25.5. The van der Waals surface area contributed by atoms with Crippen LogP contribution in [0.2, 0.25) is 0 Å². The van der Waals surface area contributed by atoms with Gasteiger partial charge in [0.25, 0.3) is 0 Å². The molecule has 0 spiro atoms. The number of amides is 2. The van der Waals surface area contributed by atoms with E-state index in [9.17, 15) is 9.59 Å². The lowest BCUT2D eigenvalue weighted by atomic mass is 9.90. The molecular formula is C17H31N3O3. The molecule has 1 aliphatic carbocycles. The van der Waals surface area contributed by atoms with Crippen LogP contribution in [-0.4, -0.2) is 55.1 Å². The van der Waals surface area contributed by atoms with Crippen molar-refractivity contribution in [3.05, 3.63) is 0 Å². The molecule has 6 nitrogen and oxygen atoms in total. The van der Waals surface area contributed by atoms with Gasteiger partial charge in [0, 0.05) is 25.7 Å². The molecule has 2 fully saturated rings. The second kappa shape index (κ2) is 9.23. The summed E-state index contributed by atoms with van der Waals surface area (Å²) in [5.41, 5.74) is 5.75. The van der Waals surface area contributed by atoms with Crippen LogP contribution in [-0.2, 0) is 14.3 Å². The van der Waals surface area contributed by atoms with Crippen LogP contribution in [0.25, 0.3) is 0 Å². The van der Waals surface area contributed by atoms with Crippen LogP contribution in [0.4, 0.5) is 0 Å². The Morgan fingerprint density at radius 3 is 2.70 bits per heavy atom. The molecule has 1 saturated heterocycles. The number of nitrogens with zero attached hydrogens (tertiary/aromatic N) is 1. The van der Waals surface area contributed by atoms with E-state index in [2.05, 4.69) is 5.32 Å². The number of carbonyl (C=O) groups is 2. The van der Waals surface area contributed by atoms with E-state index in [1.807, 2.05) is 11.8 Å². The Kier molecular flexibility index (Phi) is 7.30. The first-order chi connectivity index (χ1) is 11.2. The number of carbonyl (C=O) groups excluding carboxylic acids is 2. The third-order valence-electron chi connectivity index (χ3n) is 5.23. The third kappa shape index (κ3) is 4.91. The van der Waals surface area contributed by atoms with Crippen molar-refractivity contribution in [2.75, 3.05) is 19.7 Å². The molecule has 6 heteroatoms. The SMILES string of the molecule is CC(OCC1CCCCC1)C(NC=O)C(=O)N1CCCC1CN. The second-order valence-corrected chi connectivity index (χ2v) is 6.87. The number of nitrogens with one attached hydrogen (secondary N) is 1. The summed E-state index contributed by atoms with van der Waals surface area (Å²) in [5, 5.41) is 2.65. The monoisotopic (exact) mass is 325 g/mol. The van der Waals surface area contributed by atoms with Crippen molar-refractivity contribution in [2.24, 2.45) is 11.7 Å². The lowest BCUT2D eigenvalue weighted by Gasteiger charge is -2.31. The van der Waals surface area contributed by atoms with Crippen LogP contribution in [0.3, 0.4) is 0 Å². The van der Waals surface area contributed by atoms with Crippen molar-refractivity contribution in [3.63, 3.8) is 0 Å². The van der Waals surface area contributed by atoms with E-state index in [-0.39, 0.29) is 18.1 Å². The lowest BCUT2D eigenvalue weighted by Crippen LogP contribution is -2.54. The molecule has 3 N–H and O–H groups in total. The van der Waals surface area contributed by atoms with Gasteiger partial charge in [0.2, 0.25) is 12.3 Å². The molecule has 0 aromatic rings. The average Bonchev–Trinajstić information content (AvgIpc) is 3.06. The summed E-state index contributed by atoms with van der Waals surface area (Å²) in [6.45, 7) is 3.73. The molecule has 0 aromatic heterocycles. The van der Waals surface area contributed by atoms with Gasteiger partial charge in [-0.25, -0.2) is 0 Å². The molecule has 1 heterocycles. The Morgan fingerprint density at radius 1 is 1.30 bits per heavy atom. The topological polar surface area (TPSA) is 84.7 Å². The predicted molar refractivity (Wildman–Crippen MR) is 88.8 cm³/mol. The fraction of sp³-hybridized carbons (Fsp3) is 0.882. The minimum Gasteiger partial charge on any atom is -0.376 e. The highest BCUT2D eigenvalue weighted by Gasteiger charge is 2.35. The zero-order valence-electron chi connectivity index (χ0n) is 14.2. The molecule has 132 valence electrons. The smallest absolute Gasteiger partial charge is 0.248 e. The zero-order chi connectivity index (χ0) is 16.7. The van der Waals surface area contributed by atoms with Crippen LogP contribution in [0.1, 0.15) is 51.9 Å². The molecule has 0 aromatic carbocycles. The van der Waals surface area contributed by atoms with Gasteiger partial charge in [-0.2, -0.15) is 0 Å². The number of ether oxygens (including phenoxy) is 1. The van der Waals surface area contributed by atoms with E-state index in [1.54, 1.807) is 0 Å². The molecule has 2 rings (SSSR count). The zero-order valence-corrected chi connectivity index (χ0v) is 14.2. The molecule has 2 aliphatic rings. The Morgan fingerprint density at radius 2 is 2.04 bits per heavy atom. The Hall–Kier alpha value is -1.14. The summed E-state index contributed by atoms with van der Waals surface area (Å²) in [6, 6.07) is -0.535. The van der Waals surface area contributed by atoms with Crippen LogP contribution in [0.5, 0.6) is 0 Å². The first-order valence-corrected chi connectivity index (χ1v) is 8.99. The highest BCUT2D eigenvalue weighted by molar-refractivity contribution is 5.84. The summed E-state index contributed by atoms with van der Waals surface area (Å²) < 4.78 is 5.95. The maximum Gasteiger partial charge on any atom is 0.248 e. The molecule has 23 heavy (non-hydrogen) atoms. The van der Waals surface area contributed by atoms with E-state index in [0.717, 1.165) is 12.8 Å². The largest absolute Gasteiger partial charge is 0.376 e. The van der Waals surface area contributed by atoms with Gasteiger partial charge < -0.3 is 20.7 Å². The fourth-order valence-corrected chi connectivity index (χ4v) is 3.77. The van der Waals surface area contributed by atoms with Crippen molar-refractivity contribution in [1.82, 2.24) is 10.2 Å². The van der Waals surface area contributed by atoms with E-state index >= 15 is 0 Å². The average molecular weight is 325 g/mol. The second-order valence-electron chi connectivity index (χ2n) is 6.87.